The van der Waals surface area contributed by atoms with Gasteiger partial charge in [0.05, 0.1) is 18.2 Å². The topological polar surface area (TPSA) is 131 Å². The lowest BCUT2D eigenvalue weighted by Crippen LogP contribution is -2.56. The quantitative estimate of drug-likeness (QED) is 0.249. The highest BCUT2D eigenvalue weighted by Gasteiger charge is 2.26. The van der Waals surface area contributed by atoms with Crippen LogP contribution < -0.4 is 16.1 Å². The maximum Gasteiger partial charge on any atom is 0.263 e. The first-order valence-electron chi connectivity index (χ1n) is 10.3. The summed E-state index contributed by atoms with van der Waals surface area (Å²) >= 11 is 0. The second-order valence-electron chi connectivity index (χ2n) is 7.55. The molecule has 0 aromatic heterocycles. The Balaban J connectivity index is 2.03. The van der Waals surface area contributed by atoms with Crippen LogP contribution in [0.15, 0.2) is 48.5 Å². The van der Waals surface area contributed by atoms with E-state index in [9.17, 15) is 19.8 Å². The van der Waals surface area contributed by atoms with Crippen LogP contribution in [-0.4, -0.2) is 58.1 Å². The number of carbonyl (C=O) groups is 2. The normalized spacial score (nSPS) is 14.9. The lowest BCUT2D eigenvalue weighted by atomic mass is 10.0. The molecule has 2 rings (SSSR count). The molecule has 0 spiro atoms. The van der Waals surface area contributed by atoms with Crippen molar-refractivity contribution in [1.29, 1.82) is 0 Å². The van der Waals surface area contributed by atoms with Crippen molar-refractivity contribution in [3.8, 4) is 11.1 Å². The summed E-state index contributed by atoms with van der Waals surface area (Å²) < 4.78 is 0. The molecular weight excluding hydrogens is 398 g/mol. The molecule has 31 heavy (non-hydrogen) atoms. The highest BCUT2D eigenvalue weighted by Crippen LogP contribution is 2.20. The van der Waals surface area contributed by atoms with Crippen LogP contribution in [0, 0.1) is 0 Å². The van der Waals surface area contributed by atoms with Crippen molar-refractivity contribution in [3.63, 3.8) is 0 Å². The first-order valence-corrected chi connectivity index (χ1v) is 10.3. The van der Waals surface area contributed by atoms with Crippen LogP contribution in [0.25, 0.3) is 11.1 Å². The van der Waals surface area contributed by atoms with Gasteiger partial charge in [0, 0.05) is 12.1 Å². The summed E-state index contributed by atoms with van der Waals surface area (Å²) in [5.74, 6) is -1.19. The molecule has 0 heterocycles. The second kappa shape index (κ2) is 11.6. The SMILES string of the molecule is CCc1ccc(-c2ccc(C(=O)N[C@@H](CN[C@H](C(=O)NO)[C@@H](C)O)[C@@H](C)O)cc2)cc1. The van der Waals surface area contributed by atoms with Gasteiger partial charge in [0.15, 0.2) is 0 Å². The number of amides is 2. The Morgan fingerprint density at radius 3 is 1.90 bits per heavy atom. The van der Waals surface area contributed by atoms with Gasteiger partial charge in [0.2, 0.25) is 0 Å². The Labute approximate surface area is 182 Å². The summed E-state index contributed by atoms with van der Waals surface area (Å²) in [5, 5.41) is 34.0. The summed E-state index contributed by atoms with van der Waals surface area (Å²) in [4.78, 5) is 24.3. The predicted octanol–water partition coefficient (Wildman–Crippen LogP) is 1.24. The average molecular weight is 430 g/mol. The Hall–Kier alpha value is -2.78. The van der Waals surface area contributed by atoms with E-state index in [4.69, 9.17) is 5.21 Å². The molecule has 2 aromatic carbocycles. The van der Waals surface area contributed by atoms with Gasteiger partial charge in [0.25, 0.3) is 11.8 Å². The lowest BCUT2D eigenvalue weighted by Gasteiger charge is -2.26. The maximum atomic E-state index is 12.6. The third-order valence-electron chi connectivity index (χ3n) is 5.17. The molecule has 8 heteroatoms. The van der Waals surface area contributed by atoms with Crippen molar-refractivity contribution in [3.05, 3.63) is 59.7 Å². The Bertz CT molecular complexity index is 851. The summed E-state index contributed by atoms with van der Waals surface area (Å²) in [7, 11) is 0. The first kappa shape index (κ1) is 24.5. The van der Waals surface area contributed by atoms with Gasteiger partial charge in [-0.1, -0.05) is 43.3 Å². The number of rotatable bonds is 10. The summed E-state index contributed by atoms with van der Waals surface area (Å²) in [5.41, 5.74) is 5.21. The average Bonchev–Trinajstić information content (AvgIpc) is 2.77. The van der Waals surface area contributed by atoms with E-state index >= 15 is 0 Å². The zero-order chi connectivity index (χ0) is 23.0. The smallest absolute Gasteiger partial charge is 0.263 e. The van der Waals surface area contributed by atoms with E-state index in [0.29, 0.717) is 5.56 Å². The van der Waals surface area contributed by atoms with E-state index in [0.717, 1.165) is 17.5 Å². The Morgan fingerprint density at radius 2 is 1.45 bits per heavy atom. The summed E-state index contributed by atoms with van der Waals surface area (Å²) in [6.45, 7) is 5.01. The van der Waals surface area contributed by atoms with Gasteiger partial charge >= 0.3 is 0 Å². The van der Waals surface area contributed by atoms with E-state index in [1.54, 1.807) is 12.1 Å². The molecule has 0 saturated heterocycles. The van der Waals surface area contributed by atoms with Crippen LogP contribution in [0.5, 0.6) is 0 Å². The van der Waals surface area contributed by atoms with Crippen molar-refractivity contribution in [2.45, 2.75) is 51.5 Å². The number of aliphatic hydroxyl groups is 2. The second-order valence-corrected chi connectivity index (χ2v) is 7.55. The molecule has 4 atom stereocenters. The van der Waals surface area contributed by atoms with E-state index in [-0.39, 0.29) is 12.5 Å². The molecule has 0 aliphatic carbocycles. The lowest BCUT2D eigenvalue weighted by molar-refractivity contribution is -0.134. The largest absolute Gasteiger partial charge is 0.391 e. The molecule has 6 N–H and O–H groups in total. The zero-order valence-electron chi connectivity index (χ0n) is 18.0. The predicted molar refractivity (Wildman–Crippen MR) is 118 cm³/mol. The van der Waals surface area contributed by atoms with Gasteiger partial charge in [0.1, 0.15) is 6.04 Å². The van der Waals surface area contributed by atoms with Crippen molar-refractivity contribution in [2.24, 2.45) is 0 Å². The number of aryl methyl sites for hydroxylation is 1. The molecule has 0 saturated carbocycles. The molecule has 0 aliphatic rings. The summed E-state index contributed by atoms with van der Waals surface area (Å²) in [6.07, 6.45) is -1.03. The fourth-order valence-corrected chi connectivity index (χ4v) is 3.15. The number of benzene rings is 2. The van der Waals surface area contributed by atoms with Crippen LogP contribution >= 0.6 is 0 Å². The van der Waals surface area contributed by atoms with Crippen LogP contribution in [0.2, 0.25) is 0 Å². The van der Waals surface area contributed by atoms with Crippen LogP contribution in [-0.2, 0) is 11.2 Å². The van der Waals surface area contributed by atoms with Crippen molar-refractivity contribution < 1.29 is 25.0 Å². The van der Waals surface area contributed by atoms with Gasteiger partial charge in [-0.25, -0.2) is 5.48 Å². The molecular formula is C23H31N3O5. The van der Waals surface area contributed by atoms with Crippen molar-refractivity contribution >= 4 is 11.8 Å². The van der Waals surface area contributed by atoms with Crippen LogP contribution in [0.3, 0.4) is 0 Å². The van der Waals surface area contributed by atoms with E-state index in [1.807, 2.05) is 24.3 Å². The molecule has 8 nitrogen and oxygen atoms in total. The standard InChI is InChI=1S/C23H31N3O5/c1-4-16-5-7-17(8-6-16)18-9-11-19(12-10-18)22(29)25-20(14(2)27)13-24-21(15(3)28)23(30)26-31/h5-12,14-15,20-21,24,27-28,31H,4,13H2,1-3H3,(H,25,29)(H,26,30)/t14-,15-,20+,21+/m1/s1. The van der Waals surface area contributed by atoms with Gasteiger partial charge in [-0.3, -0.25) is 14.8 Å². The van der Waals surface area contributed by atoms with Gasteiger partial charge < -0.3 is 20.8 Å². The monoisotopic (exact) mass is 429 g/mol. The minimum atomic E-state index is -1.10. The number of carbonyl (C=O) groups excluding carboxylic acids is 2. The molecule has 0 fully saturated rings. The third kappa shape index (κ3) is 6.86. The van der Waals surface area contributed by atoms with Crippen molar-refractivity contribution in [2.75, 3.05) is 6.54 Å². The number of aliphatic hydroxyl groups excluding tert-OH is 2. The minimum Gasteiger partial charge on any atom is -0.391 e. The first-order chi connectivity index (χ1) is 14.8. The Kier molecular flexibility index (Phi) is 9.14. The molecule has 168 valence electrons. The van der Waals surface area contributed by atoms with E-state index in [1.165, 1.54) is 24.9 Å². The number of hydrogen-bond donors (Lipinski definition) is 6. The molecule has 0 bridgehead atoms. The van der Waals surface area contributed by atoms with Crippen LogP contribution in [0.1, 0.15) is 36.7 Å². The fraction of sp³-hybridized carbons (Fsp3) is 0.391. The molecule has 0 radical (unpaired) electrons. The number of hydroxylamine groups is 1. The van der Waals surface area contributed by atoms with Gasteiger partial charge in [-0.05, 0) is 49.1 Å². The molecule has 0 aliphatic heterocycles. The van der Waals surface area contributed by atoms with Crippen molar-refractivity contribution in [1.82, 2.24) is 16.1 Å². The Morgan fingerprint density at radius 1 is 0.903 bits per heavy atom. The molecule has 2 aromatic rings. The molecule has 0 unspecified atom stereocenters. The third-order valence-corrected chi connectivity index (χ3v) is 5.17. The van der Waals surface area contributed by atoms with Gasteiger partial charge in [-0.2, -0.15) is 0 Å². The fourth-order valence-electron chi connectivity index (χ4n) is 3.15. The number of nitrogens with one attached hydrogen (secondary N) is 3. The zero-order valence-corrected chi connectivity index (χ0v) is 18.0. The summed E-state index contributed by atoms with van der Waals surface area (Å²) in [6, 6.07) is 13.6. The maximum absolute atomic E-state index is 12.6. The highest BCUT2D eigenvalue weighted by atomic mass is 16.5. The van der Waals surface area contributed by atoms with E-state index < -0.39 is 30.2 Å². The van der Waals surface area contributed by atoms with Gasteiger partial charge in [-0.15, -0.1) is 0 Å². The minimum absolute atomic E-state index is 0.00819. The van der Waals surface area contributed by atoms with E-state index in [2.05, 4.69) is 29.7 Å². The van der Waals surface area contributed by atoms with Crippen LogP contribution in [0.4, 0.5) is 0 Å². The number of hydrogen-bond acceptors (Lipinski definition) is 6. The highest BCUT2D eigenvalue weighted by molar-refractivity contribution is 5.95. The molecule has 2 amide bonds.